The summed E-state index contributed by atoms with van der Waals surface area (Å²) in [5.41, 5.74) is 1.85. The van der Waals surface area contributed by atoms with Gasteiger partial charge in [0.25, 0.3) is 11.8 Å². The van der Waals surface area contributed by atoms with E-state index in [1.165, 1.54) is 19.2 Å². The molecule has 190 valence electrons. The first kappa shape index (κ1) is 24.9. The minimum atomic E-state index is -1.01. The largest absolute Gasteiger partial charge is 0.466 e. The maximum absolute atomic E-state index is 13.7. The molecule has 2 atom stereocenters. The van der Waals surface area contributed by atoms with Gasteiger partial charge in [0.2, 0.25) is 0 Å². The van der Waals surface area contributed by atoms with Crippen LogP contribution in [0.5, 0.6) is 0 Å². The Bertz CT molecular complexity index is 1440. The minimum Gasteiger partial charge on any atom is -0.466 e. The molecule has 3 aromatic rings. The summed E-state index contributed by atoms with van der Waals surface area (Å²) < 4.78 is 10.2. The molecule has 0 spiro atoms. The van der Waals surface area contributed by atoms with E-state index in [1.807, 2.05) is 30.3 Å². The normalized spacial score (nSPS) is 19.3. The number of esters is 2. The maximum atomic E-state index is 13.7. The Labute approximate surface area is 219 Å². The van der Waals surface area contributed by atoms with Gasteiger partial charge < -0.3 is 9.47 Å². The first-order chi connectivity index (χ1) is 18.5. The van der Waals surface area contributed by atoms with E-state index in [2.05, 4.69) is 0 Å². The van der Waals surface area contributed by atoms with E-state index in [-0.39, 0.29) is 22.3 Å². The molecule has 0 saturated heterocycles. The maximum Gasteiger partial charge on any atom is 0.336 e. The highest BCUT2D eigenvalue weighted by Crippen LogP contribution is 2.45. The monoisotopic (exact) mass is 508 g/mol. The Morgan fingerprint density at radius 2 is 1.21 bits per heavy atom. The molecule has 0 unspecified atom stereocenters. The van der Waals surface area contributed by atoms with Gasteiger partial charge in [0.15, 0.2) is 0 Å². The number of fused-ring (bicyclic) bond motifs is 1. The summed E-state index contributed by atoms with van der Waals surface area (Å²) >= 11 is 0. The van der Waals surface area contributed by atoms with Crippen LogP contribution < -0.4 is 0 Å². The highest BCUT2D eigenvalue weighted by atomic mass is 16.5. The lowest BCUT2D eigenvalue weighted by Gasteiger charge is -2.36. The predicted octanol–water partition coefficient (Wildman–Crippen LogP) is 3.98. The van der Waals surface area contributed by atoms with Gasteiger partial charge >= 0.3 is 11.9 Å². The molecule has 0 saturated carbocycles. The number of benzene rings is 3. The molecule has 3 aromatic carbocycles. The highest BCUT2D eigenvalue weighted by molar-refractivity contribution is 6.21. The molecule has 0 fully saturated rings. The van der Waals surface area contributed by atoms with Crippen molar-refractivity contribution in [3.63, 3.8) is 0 Å². The zero-order chi connectivity index (χ0) is 26.8. The molecule has 0 N–H and O–H groups in total. The van der Waals surface area contributed by atoms with E-state index in [9.17, 15) is 19.2 Å². The second-order valence-electron chi connectivity index (χ2n) is 8.69. The van der Waals surface area contributed by atoms with Crippen molar-refractivity contribution in [2.24, 2.45) is 0 Å². The fraction of sp³-hybridized carbons (Fsp3) is 0.133. The van der Waals surface area contributed by atoms with Gasteiger partial charge in [0.05, 0.1) is 48.6 Å². The van der Waals surface area contributed by atoms with Gasteiger partial charge in [-0.2, -0.15) is 10.0 Å². The quantitative estimate of drug-likeness (QED) is 0.367. The van der Waals surface area contributed by atoms with Gasteiger partial charge in [-0.1, -0.05) is 84.9 Å². The van der Waals surface area contributed by atoms with E-state index in [0.717, 1.165) is 10.6 Å². The number of hydrogen-bond acceptors (Lipinski definition) is 7. The summed E-state index contributed by atoms with van der Waals surface area (Å²) in [5.74, 6) is -2.65. The molecule has 2 amide bonds. The Morgan fingerprint density at radius 3 is 1.76 bits per heavy atom. The number of methoxy groups -OCH3 is 2. The van der Waals surface area contributed by atoms with Crippen molar-refractivity contribution in [2.45, 2.75) is 12.1 Å². The third-order valence-corrected chi connectivity index (χ3v) is 6.61. The van der Waals surface area contributed by atoms with Gasteiger partial charge in [-0.05, 0) is 23.3 Å². The van der Waals surface area contributed by atoms with E-state index < -0.39 is 35.8 Å². The van der Waals surface area contributed by atoms with Gasteiger partial charge in [-0.25, -0.2) is 9.59 Å². The van der Waals surface area contributed by atoms with Crippen LogP contribution in [0.3, 0.4) is 0 Å². The molecule has 38 heavy (non-hydrogen) atoms. The van der Waals surface area contributed by atoms with Gasteiger partial charge in [-0.3, -0.25) is 9.59 Å². The summed E-state index contributed by atoms with van der Waals surface area (Å²) in [4.78, 5) is 53.9. The average Bonchev–Trinajstić information content (AvgIpc) is 3.43. The van der Waals surface area contributed by atoms with Crippen LogP contribution in [-0.2, 0) is 19.1 Å². The number of carbonyl (C=O) groups is 4. The summed E-state index contributed by atoms with van der Waals surface area (Å²) in [7, 11) is 2.43. The summed E-state index contributed by atoms with van der Waals surface area (Å²) in [6.45, 7) is 0. The number of rotatable bonds is 6. The molecule has 2 aliphatic heterocycles. The Kier molecular flexibility index (Phi) is 6.72. The lowest BCUT2D eigenvalue weighted by Crippen LogP contribution is -2.51. The van der Waals surface area contributed by atoms with Crippen LogP contribution in [0.25, 0.3) is 6.08 Å². The number of hydrazine groups is 1. The first-order valence-corrected chi connectivity index (χ1v) is 11.9. The average molecular weight is 509 g/mol. The fourth-order valence-electron chi connectivity index (χ4n) is 4.94. The van der Waals surface area contributed by atoms with Gasteiger partial charge in [0.1, 0.15) is 0 Å². The standard InChI is InChI=1S/C30H24N2O6/c1-37-29(35)24-23(18-17-19-11-5-3-6-12-19)31(32-27(33)21-15-9-10-16-22(21)28(32)34)26(25(24)30(36)38-2)20-13-7-4-8-14-20/h3-18,23,26H,1-2H3/b18-17+/t23-,26+/m0/s1. The SMILES string of the molecule is COC(=O)C1=C(C(=O)OC)[C@@H](c2ccccc2)N(N2C(=O)c3ccccc3C2=O)[C@H]1/C=C/c1ccccc1. The third-order valence-electron chi connectivity index (χ3n) is 6.61. The molecule has 0 aromatic heterocycles. The van der Waals surface area contributed by atoms with Crippen molar-refractivity contribution in [2.75, 3.05) is 14.2 Å². The van der Waals surface area contributed by atoms with Crippen molar-refractivity contribution in [1.29, 1.82) is 0 Å². The first-order valence-electron chi connectivity index (χ1n) is 11.9. The second-order valence-corrected chi connectivity index (χ2v) is 8.69. The Morgan fingerprint density at radius 1 is 0.711 bits per heavy atom. The zero-order valence-corrected chi connectivity index (χ0v) is 20.7. The molecule has 8 nitrogen and oxygen atoms in total. The number of amides is 2. The van der Waals surface area contributed by atoms with Crippen molar-refractivity contribution in [1.82, 2.24) is 10.0 Å². The molecule has 0 aliphatic carbocycles. The summed E-state index contributed by atoms with van der Waals surface area (Å²) in [6.07, 6.45) is 3.44. The van der Waals surface area contributed by atoms with Gasteiger partial charge in [-0.15, -0.1) is 0 Å². The van der Waals surface area contributed by atoms with Crippen molar-refractivity contribution >= 4 is 29.8 Å². The molecular weight excluding hydrogens is 484 g/mol. The van der Waals surface area contributed by atoms with Crippen LogP contribution in [0.2, 0.25) is 0 Å². The highest BCUT2D eigenvalue weighted by Gasteiger charge is 2.53. The predicted molar refractivity (Wildman–Crippen MR) is 138 cm³/mol. The molecule has 2 aliphatic rings. The van der Waals surface area contributed by atoms with Crippen molar-refractivity contribution in [3.8, 4) is 0 Å². The molecular formula is C30H24N2O6. The van der Waals surface area contributed by atoms with E-state index in [4.69, 9.17) is 9.47 Å². The topological polar surface area (TPSA) is 93.2 Å². The summed E-state index contributed by atoms with van der Waals surface area (Å²) in [5, 5.41) is 2.49. The smallest absolute Gasteiger partial charge is 0.336 e. The second kappa shape index (κ2) is 10.3. The van der Waals surface area contributed by atoms with Crippen LogP contribution >= 0.6 is 0 Å². The number of imide groups is 1. The van der Waals surface area contributed by atoms with Crippen LogP contribution in [-0.4, -0.2) is 54.0 Å². The Balaban J connectivity index is 1.76. The number of nitrogens with zero attached hydrogens (tertiary/aromatic N) is 2. The number of carbonyl (C=O) groups excluding carboxylic acids is 4. The minimum absolute atomic E-state index is 0.00943. The van der Waals surface area contributed by atoms with Crippen molar-refractivity contribution in [3.05, 3.63) is 124 Å². The van der Waals surface area contributed by atoms with E-state index in [1.54, 1.807) is 66.7 Å². The van der Waals surface area contributed by atoms with Crippen molar-refractivity contribution < 1.29 is 28.7 Å². The lowest BCUT2D eigenvalue weighted by molar-refractivity contribution is -0.139. The molecule has 5 rings (SSSR count). The zero-order valence-electron chi connectivity index (χ0n) is 20.7. The summed E-state index contributed by atoms with van der Waals surface area (Å²) in [6, 6.07) is 22.7. The molecule has 2 heterocycles. The molecule has 8 heteroatoms. The fourth-order valence-corrected chi connectivity index (χ4v) is 4.94. The van der Waals surface area contributed by atoms with Crippen LogP contribution in [0.1, 0.15) is 37.9 Å². The third kappa shape index (κ3) is 4.10. The van der Waals surface area contributed by atoms with Gasteiger partial charge in [0, 0.05) is 0 Å². The Hall–Kier alpha value is -4.82. The van der Waals surface area contributed by atoms with E-state index >= 15 is 0 Å². The molecule has 0 bridgehead atoms. The number of hydrogen-bond donors (Lipinski definition) is 0. The van der Waals surface area contributed by atoms with Crippen LogP contribution in [0, 0.1) is 0 Å². The van der Waals surface area contributed by atoms with Crippen LogP contribution in [0.4, 0.5) is 0 Å². The lowest BCUT2D eigenvalue weighted by atomic mass is 9.97. The molecule has 0 radical (unpaired) electrons. The van der Waals surface area contributed by atoms with E-state index in [0.29, 0.717) is 5.56 Å². The number of ether oxygens (including phenoxy) is 2. The van der Waals surface area contributed by atoms with Crippen LogP contribution in [0.15, 0.2) is 102 Å².